The summed E-state index contributed by atoms with van der Waals surface area (Å²) < 4.78 is 62.2. The van der Waals surface area contributed by atoms with E-state index < -0.39 is 32.4 Å². The van der Waals surface area contributed by atoms with Crippen LogP contribution in [-0.4, -0.2) is 13.5 Å². The van der Waals surface area contributed by atoms with Crippen molar-refractivity contribution >= 4 is 15.7 Å². The zero-order valence-electron chi connectivity index (χ0n) is 12.1. The van der Waals surface area contributed by atoms with Crippen molar-refractivity contribution in [3.05, 3.63) is 40.5 Å². The van der Waals surface area contributed by atoms with E-state index in [1.165, 1.54) is 6.07 Å². The number of allylic oxidation sites excluding steroid dienone is 2. The summed E-state index contributed by atoms with van der Waals surface area (Å²) in [4.78, 5) is -0.905. The first-order valence-electron chi connectivity index (χ1n) is 5.08. The Morgan fingerprint density at radius 3 is 2.14 bits per heavy atom. The number of benzene rings is 1. The smallest absolute Gasteiger partial charge is 1.00 e. The fourth-order valence-electron chi connectivity index (χ4n) is 1.27. The summed E-state index contributed by atoms with van der Waals surface area (Å²) in [5.41, 5.74) is -1.10. The maximum Gasteiger partial charge on any atom is 1.00 e. The first-order chi connectivity index (χ1) is 9.08. The summed E-state index contributed by atoms with van der Waals surface area (Å²) in [6, 6.07) is 4.49. The molecule has 0 aromatic heterocycles. The SMILES string of the molecule is C/C(O)=C(\C#N)S(=O)(=O)Nc1ccc(C(F)(F)F)cc1.[H-].[Na+]. The largest absolute Gasteiger partial charge is 1.00 e. The molecule has 1 aromatic rings. The molecule has 0 aliphatic carbocycles. The molecule has 0 radical (unpaired) electrons. The zero-order valence-corrected chi connectivity index (χ0v) is 13.9. The molecule has 0 spiro atoms. The third-order valence-corrected chi connectivity index (χ3v) is 3.59. The van der Waals surface area contributed by atoms with Crippen LogP contribution in [0.4, 0.5) is 18.9 Å². The number of nitriles is 1. The monoisotopic (exact) mass is 330 g/mol. The van der Waals surface area contributed by atoms with Crippen LogP contribution in [0.2, 0.25) is 0 Å². The topological polar surface area (TPSA) is 90.2 Å². The Balaban J connectivity index is 0. The predicted octanol–water partition coefficient (Wildman–Crippen LogP) is -0.123. The molecule has 1 aromatic carbocycles. The molecule has 0 saturated carbocycles. The van der Waals surface area contributed by atoms with E-state index in [0.29, 0.717) is 12.1 Å². The average molecular weight is 330 g/mol. The molecule has 2 N–H and O–H groups in total. The number of rotatable bonds is 3. The Kier molecular flexibility index (Phi) is 6.76. The van der Waals surface area contributed by atoms with Crippen LogP contribution in [0.25, 0.3) is 0 Å². The Hall–Kier alpha value is -1.21. The van der Waals surface area contributed by atoms with Crippen molar-refractivity contribution in [3.8, 4) is 6.07 Å². The average Bonchev–Trinajstić information content (AvgIpc) is 2.27. The fraction of sp³-hybridized carbons (Fsp3) is 0.182. The summed E-state index contributed by atoms with van der Waals surface area (Å²) in [6.07, 6.45) is -4.53. The van der Waals surface area contributed by atoms with Crippen molar-refractivity contribution in [1.29, 1.82) is 5.26 Å². The molecule has 1 rings (SSSR count). The number of aliphatic hydroxyl groups excluding tert-OH is 1. The molecular formula is C11H10F3N2NaO3S. The van der Waals surface area contributed by atoms with Crippen molar-refractivity contribution in [2.75, 3.05) is 4.72 Å². The quantitative estimate of drug-likeness (QED) is 0.459. The Bertz CT molecular complexity index is 678. The van der Waals surface area contributed by atoms with Gasteiger partial charge in [-0.15, -0.1) is 0 Å². The third-order valence-electron chi connectivity index (χ3n) is 2.16. The van der Waals surface area contributed by atoms with Gasteiger partial charge in [0.15, 0.2) is 0 Å². The van der Waals surface area contributed by atoms with E-state index in [4.69, 9.17) is 10.4 Å². The summed E-state index contributed by atoms with van der Waals surface area (Å²) in [7, 11) is -4.34. The summed E-state index contributed by atoms with van der Waals surface area (Å²) in [5.74, 6) is -0.716. The van der Waals surface area contributed by atoms with Crippen molar-refractivity contribution in [2.45, 2.75) is 13.1 Å². The van der Waals surface area contributed by atoms with Crippen LogP contribution >= 0.6 is 0 Å². The van der Waals surface area contributed by atoms with E-state index in [9.17, 15) is 21.6 Å². The van der Waals surface area contributed by atoms with Crippen LogP contribution in [-0.2, 0) is 16.2 Å². The summed E-state index contributed by atoms with van der Waals surface area (Å²) >= 11 is 0. The van der Waals surface area contributed by atoms with Crippen LogP contribution in [0.3, 0.4) is 0 Å². The van der Waals surface area contributed by atoms with Gasteiger partial charge in [0.25, 0.3) is 10.0 Å². The number of aliphatic hydroxyl groups is 1. The number of nitrogens with zero attached hydrogens (tertiary/aromatic N) is 1. The molecule has 0 atom stereocenters. The van der Waals surface area contributed by atoms with Crippen LogP contribution in [0.15, 0.2) is 34.9 Å². The van der Waals surface area contributed by atoms with Gasteiger partial charge < -0.3 is 6.53 Å². The molecule has 0 bridgehead atoms. The minimum Gasteiger partial charge on any atom is -1.00 e. The second-order valence-electron chi connectivity index (χ2n) is 3.71. The number of sulfonamides is 1. The van der Waals surface area contributed by atoms with E-state index in [0.717, 1.165) is 19.1 Å². The first kappa shape index (κ1) is 19.8. The van der Waals surface area contributed by atoms with E-state index in [-0.39, 0.29) is 36.7 Å². The van der Waals surface area contributed by atoms with E-state index in [1.807, 2.05) is 4.72 Å². The van der Waals surface area contributed by atoms with Crippen molar-refractivity contribution in [3.63, 3.8) is 0 Å². The normalized spacial score (nSPS) is 12.7. The molecule has 0 aliphatic heterocycles. The molecule has 0 fully saturated rings. The number of hydrogen-bond acceptors (Lipinski definition) is 4. The summed E-state index contributed by atoms with van der Waals surface area (Å²) in [6.45, 7) is 1.00. The van der Waals surface area contributed by atoms with E-state index in [2.05, 4.69) is 0 Å². The zero-order chi connectivity index (χ0) is 15.6. The predicted molar refractivity (Wildman–Crippen MR) is 66.0 cm³/mol. The molecule has 0 heterocycles. The van der Waals surface area contributed by atoms with Gasteiger partial charge in [0.2, 0.25) is 4.91 Å². The Morgan fingerprint density at radius 2 is 1.81 bits per heavy atom. The number of halogens is 3. The maximum absolute atomic E-state index is 12.3. The van der Waals surface area contributed by atoms with Gasteiger partial charge >= 0.3 is 35.7 Å². The molecule has 5 nitrogen and oxygen atoms in total. The maximum atomic E-state index is 12.3. The van der Waals surface area contributed by atoms with Gasteiger partial charge in [-0.05, 0) is 31.2 Å². The molecular weight excluding hydrogens is 320 g/mol. The van der Waals surface area contributed by atoms with E-state index >= 15 is 0 Å². The number of alkyl halides is 3. The summed E-state index contributed by atoms with van der Waals surface area (Å²) in [5, 5.41) is 17.7. The fourth-order valence-corrected chi connectivity index (χ4v) is 2.33. The molecule has 0 saturated heterocycles. The van der Waals surface area contributed by atoms with Gasteiger partial charge in [-0.3, -0.25) is 4.72 Å². The third kappa shape index (κ3) is 5.24. The molecule has 10 heteroatoms. The minimum absolute atomic E-state index is 0. The van der Waals surface area contributed by atoms with Crippen LogP contribution in [0, 0.1) is 11.3 Å². The minimum atomic E-state index is -4.53. The van der Waals surface area contributed by atoms with Gasteiger partial charge in [0.1, 0.15) is 11.8 Å². The Labute approximate surface area is 142 Å². The van der Waals surface area contributed by atoms with Crippen LogP contribution < -0.4 is 34.3 Å². The van der Waals surface area contributed by atoms with Crippen molar-refractivity contribution in [2.24, 2.45) is 0 Å². The number of anilines is 1. The molecule has 0 aliphatic rings. The number of nitrogens with one attached hydrogen (secondary N) is 1. The van der Waals surface area contributed by atoms with Gasteiger partial charge in [0.05, 0.1) is 5.56 Å². The van der Waals surface area contributed by atoms with Crippen molar-refractivity contribution < 1.29 is 57.7 Å². The molecule has 0 unspecified atom stereocenters. The van der Waals surface area contributed by atoms with Crippen LogP contribution in [0.1, 0.15) is 13.9 Å². The van der Waals surface area contributed by atoms with Gasteiger partial charge in [-0.25, -0.2) is 8.42 Å². The van der Waals surface area contributed by atoms with E-state index in [1.54, 1.807) is 0 Å². The van der Waals surface area contributed by atoms with Gasteiger partial charge in [-0.2, -0.15) is 18.4 Å². The van der Waals surface area contributed by atoms with Crippen LogP contribution in [0.5, 0.6) is 0 Å². The second kappa shape index (κ2) is 7.17. The van der Waals surface area contributed by atoms with Crippen molar-refractivity contribution in [1.82, 2.24) is 0 Å². The van der Waals surface area contributed by atoms with Gasteiger partial charge in [-0.1, -0.05) is 0 Å². The second-order valence-corrected chi connectivity index (χ2v) is 5.33. The Morgan fingerprint density at radius 1 is 1.33 bits per heavy atom. The molecule has 110 valence electrons. The standard InChI is InChI=1S/C11H9F3N2O3S.Na.H/c1-7(17)10(6-15)20(18,19)16-9-4-2-8(3-5-9)11(12,13)14;;/h2-5,16-17H,1H3;;/q;+1;-1/b10-7-;;. The molecule has 0 amide bonds. The number of hydrogen-bond donors (Lipinski definition) is 2. The van der Waals surface area contributed by atoms with Gasteiger partial charge in [0, 0.05) is 5.69 Å². The molecule has 21 heavy (non-hydrogen) atoms. The first-order valence-corrected chi connectivity index (χ1v) is 6.56.